The number of thiophene rings is 1. The third-order valence-electron chi connectivity index (χ3n) is 3.61. The number of rotatable bonds is 5. The number of aryl methyl sites for hydroxylation is 1. The first-order valence-corrected chi connectivity index (χ1v) is 7.90. The van der Waals surface area contributed by atoms with Crippen molar-refractivity contribution in [2.75, 3.05) is 0 Å². The highest BCUT2D eigenvalue weighted by Gasteiger charge is 2.36. The zero-order valence-corrected chi connectivity index (χ0v) is 12.7. The maximum absolute atomic E-state index is 12.9. The summed E-state index contributed by atoms with van der Waals surface area (Å²) in [5, 5.41) is 4.34. The molecule has 3 rings (SSSR count). The van der Waals surface area contributed by atoms with Gasteiger partial charge in [-0.2, -0.15) is 0 Å². The smallest absolute Gasteiger partial charge is 0.273 e. The van der Waals surface area contributed by atoms with Gasteiger partial charge in [0.15, 0.2) is 5.82 Å². The van der Waals surface area contributed by atoms with Crippen molar-refractivity contribution in [3.05, 3.63) is 45.7 Å². The predicted molar refractivity (Wildman–Crippen MR) is 79.0 cm³/mol. The van der Waals surface area contributed by atoms with E-state index in [2.05, 4.69) is 15.3 Å². The molecule has 1 unspecified atom stereocenters. The van der Waals surface area contributed by atoms with Crippen LogP contribution in [-0.4, -0.2) is 15.9 Å². The van der Waals surface area contributed by atoms with E-state index in [4.69, 9.17) is 0 Å². The van der Waals surface area contributed by atoms with Crippen molar-refractivity contribution in [1.29, 1.82) is 0 Å². The summed E-state index contributed by atoms with van der Waals surface area (Å²) < 4.78 is 25.8. The summed E-state index contributed by atoms with van der Waals surface area (Å²) in [6.45, 7) is 1.85. The Labute approximate surface area is 130 Å². The molecule has 1 atom stereocenters. The first kappa shape index (κ1) is 15.0. The van der Waals surface area contributed by atoms with Crippen LogP contribution in [0.2, 0.25) is 0 Å². The average Bonchev–Trinajstić information content (AvgIpc) is 3.19. The van der Waals surface area contributed by atoms with Crippen molar-refractivity contribution < 1.29 is 13.6 Å². The third kappa shape index (κ3) is 3.14. The zero-order chi connectivity index (χ0) is 15.7. The minimum absolute atomic E-state index is 0.0401. The highest BCUT2D eigenvalue weighted by Crippen LogP contribution is 2.40. The number of aromatic nitrogens is 2. The lowest BCUT2D eigenvalue weighted by molar-refractivity contribution is 0.0918. The number of carbonyl (C=O) groups excluding carboxylic acids is 1. The molecule has 1 saturated carbocycles. The van der Waals surface area contributed by atoms with Gasteiger partial charge in [0, 0.05) is 11.9 Å². The molecule has 0 saturated heterocycles. The van der Waals surface area contributed by atoms with E-state index >= 15 is 0 Å². The second kappa shape index (κ2) is 6.08. The van der Waals surface area contributed by atoms with Crippen LogP contribution >= 0.6 is 11.3 Å². The van der Waals surface area contributed by atoms with E-state index in [1.165, 1.54) is 11.4 Å². The lowest BCUT2D eigenvalue weighted by Gasteiger charge is -2.17. The molecular formula is C15H15F2N3OS. The normalized spacial score (nSPS) is 15.8. The van der Waals surface area contributed by atoms with Gasteiger partial charge in [-0.05, 0) is 43.2 Å². The van der Waals surface area contributed by atoms with Gasteiger partial charge in [-0.25, -0.2) is 18.7 Å². The Morgan fingerprint density at radius 3 is 2.82 bits per heavy atom. The molecule has 116 valence electrons. The SMILES string of the molecule is Cc1ccnc(C(NC(=O)c2ccsc2C(F)F)C2CC2)n1. The largest absolute Gasteiger partial charge is 0.342 e. The Balaban J connectivity index is 1.82. The highest BCUT2D eigenvalue weighted by molar-refractivity contribution is 7.10. The Bertz CT molecular complexity index is 685. The van der Waals surface area contributed by atoms with Gasteiger partial charge >= 0.3 is 0 Å². The van der Waals surface area contributed by atoms with Crippen LogP contribution in [-0.2, 0) is 0 Å². The standard InChI is InChI=1S/C15H15F2N3OS/c1-8-4-6-18-14(19-8)11(9-2-3-9)20-15(21)10-5-7-22-12(10)13(16)17/h4-7,9,11,13H,2-3H2,1H3,(H,20,21). The molecule has 22 heavy (non-hydrogen) atoms. The fourth-order valence-corrected chi connectivity index (χ4v) is 3.08. The van der Waals surface area contributed by atoms with E-state index in [0.29, 0.717) is 5.82 Å². The lowest BCUT2D eigenvalue weighted by atomic mass is 10.1. The molecule has 7 heteroatoms. The van der Waals surface area contributed by atoms with E-state index in [9.17, 15) is 13.6 Å². The number of amides is 1. The summed E-state index contributed by atoms with van der Waals surface area (Å²) in [6.07, 6.45) is 0.964. The van der Waals surface area contributed by atoms with Crippen LogP contribution in [0.5, 0.6) is 0 Å². The number of nitrogens with one attached hydrogen (secondary N) is 1. The maximum atomic E-state index is 12.9. The quantitative estimate of drug-likeness (QED) is 0.913. The van der Waals surface area contributed by atoms with Crippen LogP contribution in [0.3, 0.4) is 0 Å². The number of carbonyl (C=O) groups is 1. The summed E-state index contributed by atoms with van der Waals surface area (Å²) in [4.78, 5) is 20.7. The fourth-order valence-electron chi connectivity index (χ4n) is 2.34. The van der Waals surface area contributed by atoms with Gasteiger partial charge < -0.3 is 5.32 Å². The predicted octanol–water partition coefficient (Wildman–Crippen LogP) is 3.67. The van der Waals surface area contributed by atoms with Crippen LogP contribution in [0.25, 0.3) is 0 Å². The monoisotopic (exact) mass is 323 g/mol. The summed E-state index contributed by atoms with van der Waals surface area (Å²) in [6, 6.07) is 2.89. The second-order valence-corrected chi connectivity index (χ2v) is 6.29. The maximum Gasteiger partial charge on any atom is 0.273 e. The number of hydrogen-bond donors (Lipinski definition) is 1. The molecule has 4 nitrogen and oxygen atoms in total. The summed E-state index contributed by atoms with van der Waals surface area (Å²) in [5.74, 6) is 0.336. The first-order valence-electron chi connectivity index (χ1n) is 7.02. The van der Waals surface area contributed by atoms with Crippen LogP contribution < -0.4 is 5.32 Å². The average molecular weight is 323 g/mol. The molecule has 0 spiro atoms. The number of halogens is 2. The van der Waals surface area contributed by atoms with Gasteiger partial charge in [-0.15, -0.1) is 11.3 Å². The van der Waals surface area contributed by atoms with Crippen LogP contribution in [0.15, 0.2) is 23.7 Å². The molecule has 0 aromatic carbocycles. The third-order valence-corrected chi connectivity index (χ3v) is 4.53. The van der Waals surface area contributed by atoms with Crippen LogP contribution in [0.1, 0.15) is 52.1 Å². The molecular weight excluding hydrogens is 308 g/mol. The van der Waals surface area contributed by atoms with Gasteiger partial charge in [0.1, 0.15) is 0 Å². The molecule has 2 heterocycles. The minimum Gasteiger partial charge on any atom is -0.342 e. The fraction of sp³-hybridized carbons (Fsp3) is 0.400. The van der Waals surface area contributed by atoms with E-state index in [1.54, 1.807) is 12.3 Å². The Hall–Kier alpha value is -1.89. The molecule has 0 radical (unpaired) electrons. The van der Waals surface area contributed by atoms with E-state index < -0.39 is 12.3 Å². The molecule has 1 N–H and O–H groups in total. The Kier molecular flexibility index (Phi) is 4.15. The van der Waals surface area contributed by atoms with Gasteiger partial charge in [-0.3, -0.25) is 4.79 Å². The minimum atomic E-state index is -2.64. The van der Waals surface area contributed by atoms with E-state index in [0.717, 1.165) is 29.9 Å². The Morgan fingerprint density at radius 2 is 2.18 bits per heavy atom. The Morgan fingerprint density at radius 1 is 1.41 bits per heavy atom. The number of hydrogen-bond acceptors (Lipinski definition) is 4. The highest BCUT2D eigenvalue weighted by atomic mass is 32.1. The van der Waals surface area contributed by atoms with Crippen molar-refractivity contribution in [3.8, 4) is 0 Å². The van der Waals surface area contributed by atoms with Gasteiger partial charge in [0.25, 0.3) is 12.3 Å². The van der Waals surface area contributed by atoms with Crippen molar-refractivity contribution >= 4 is 17.2 Å². The summed E-state index contributed by atoms with van der Waals surface area (Å²) in [7, 11) is 0. The molecule has 1 fully saturated rings. The molecule has 1 aliphatic carbocycles. The van der Waals surface area contributed by atoms with E-state index in [-0.39, 0.29) is 22.4 Å². The number of alkyl halides is 2. The van der Waals surface area contributed by atoms with Gasteiger partial charge in [0.05, 0.1) is 16.5 Å². The van der Waals surface area contributed by atoms with Crippen LogP contribution in [0.4, 0.5) is 8.78 Å². The van der Waals surface area contributed by atoms with Gasteiger partial charge in [0.2, 0.25) is 0 Å². The second-order valence-electron chi connectivity index (χ2n) is 5.34. The summed E-state index contributed by atoms with van der Waals surface area (Å²) >= 11 is 0.893. The molecule has 0 aliphatic heterocycles. The van der Waals surface area contributed by atoms with Crippen LogP contribution in [0, 0.1) is 12.8 Å². The van der Waals surface area contributed by atoms with E-state index in [1.807, 2.05) is 6.92 Å². The van der Waals surface area contributed by atoms with Crippen molar-refractivity contribution in [3.63, 3.8) is 0 Å². The first-order chi connectivity index (χ1) is 10.6. The van der Waals surface area contributed by atoms with Crippen molar-refractivity contribution in [2.45, 2.75) is 32.2 Å². The number of nitrogens with zero attached hydrogens (tertiary/aromatic N) is 2. The van der Waals surface area contributed by atoms with Crippen molar-refractivity contribution in [1.82, 2.24) is 15.3 Å². The van der Waals surface area contributed by atoms with Crippen molar-refractivity contribution in [2.24, 2.45) is 5.92 Å². The van der Waals surface area contributed by atoms with Gasteiger partial charge in [-0.1, -0.05) is 0 Å². The lowest BCUT2D eigenvalue weighted by Crippen LogP contribution is -2.31. The summed E-state index contributed by atoms with van der Waals surface area (Å²) in [5.41, 5.74) is 0.854. The molecule has 2 aromatic heterocycles. The molecule has 1 aliphatic rings. The molecule has 1 amide bonds. The molecule has 0 bridgehead atoms. The zero-order valence-electron chi connectivity index (χ0n) is 11.9. The topological polar surface area (TPSA) is 54.9 Å². The molecule has 2 aromatic rings.